The Kier molecular flexibility index (Phi) is 1.87. The lowest BCUT2D eigenvalue weighted by Gasteiger charge is -1.90. The lowest BCUT2D eigenvalue weighted by atomic mass is 10.4. The molecule has 2 aromatic heterocycles. The van der Waals surface area contributed by atoms with Gasteiger partial charge in [-0.2, -0.15) is 0 Å². The van der Waals surface area contributed by atoms with Gasteiger partial charge in [-0.05, 0) is 22.0 Å². The monoisotopic (exact) mass is 225 g/mol. The molecule has 4 nitrogen and oxygen atoms in total. The molecule has 0 atom stereocenters. The number of hydrogen-bond donors (Lipinski definition) is 0. The smallest absolute Gasteiger partial charge is 0.246 e. The predicted molar refractivity (Wildman–Crippen MR) is 45.2 cm³/mol. The highest BCUT2D eigenvalue weighted by Crippen LogP contribution is 2.18. The first-order valence-electron chi connectivity index (χ1n) is 3.24. The second-order valence-electron chi connectivity index (χ2n) is 2.06. The Morgan fingerprint density at radius 2 is 2.25 bits per heavy atom. The molecular weight excluding hydrogens is 222 g/mol. The van der Waals surface area contributed by atoms with E-state index in [0.717, 1.165) is 0 Å². The van der Waals surface area contributed by atoms with Gasteiger partial charge in [0.1, 0.15) is 12.0 Å². The highest BCUT2D eigenvalue weighted by molar-refractivity contribution is 9.10. The summed E-state index contributed by atoms with van der Waals surface area (Å²) in [5, 5.41) is 0. The van der Waals surface area contributed by atoms with Gasteiger partial charge in [-0.3, -0.25) is 0 Å². The Labute approximate surface area is 76.8 Å². The zero-order valence-electron chi connectivity index (χ0n) is 5.94. The van der Waals surface area contributed by atoms with Crippen LogP contribution in [0.3, 0.4) is 0 Å². The summed E-state index contributed by atoms with van der Waals surface area (Å²) in [5.74, 6) is 0.490. The van der Waals surface area contributed by atoms with Crippen LogP contribution >= 0.6 is 15.9 Å². The molecule has 0 N–H and O–H groups in total. The predicted octanol–water partition coefficient (Wildman–Crippen LogP) is 1.89. The molecule has 60 valence electrons. The number of aromatic nitrogens is 3. The van der Waals surface area contributed by atoms with Gasteiger partial charge < -0.3 is 4.42 Å². The van der Waals surface area contributed by atoms with E-state index in [4.69, 9.17) is 4.42 Å². The first kappa shape index (κ1) is 7.42. The highest BCUT2D eigenvalue weighted by atomic mass is 79.9. The van der Waals surface area contributed by atoms with E-state index >= 15 is 0 Å². The van der Waals surface area contributed by atoms with Crippen molar-refractivity contribution >= 4 is 15.9 Å². The van der Waals surface area contributed by atoms with Crippen LogP contribution < -0.4 is 0 Å². The molecule has 2 aromatic rings. The van der Waals surface area contributed by atoms with E-state index in [1.54, 1.807) is 18.5 Å². The third kappa shape index (κ3) is 1.35. The van der Waals surface area contributed by atoms with E-state index in [2.05, 4.69) is 30.9 Å². The van der Waals surface area contributed by atoms with Crippen molar-refractivity contribution in [2.45, 2.75) is 0 Å². The van der Waals surface area contributed by atoms with Crippen LogP contribution in [0.1, 0.15) is 0 Å². The topological polar surface area (TPSA) is 51.8 Å². The maximum Gasteiger partial charge on any atom is 0.246 e. The molecule has 0 spiro atoms. The van der Waals surface area contributed by atoms with E-state index < -0.39 is 0 Å². The first-order chi connectivity index (χ1) is 5.86. The minimum absolute atomic E-state index is 0.490. The summed E-state index contributed by atoms with van der Waals surface area (Å²) in [4.78, 5) is 11.7. The van der Waals surface area contributed by atoms with Crippen LogP contribution in [0.2, 0.25) is 0 Å². The highest BCUT2D eigenvalue weighted by Gasteiger charge is 2.04. The molecule has 2 rings (SSSR count). The molecule has 0 amide bonds. The molecule has 0 aliphatic carbocycles. The quantitative estimate of drug-likeness (QED) is 0.744. The van der Waals surface area contributed by atoms with E-state index in [1.807, 2.05) is 0 Å². The maximum absolute atomic E-state index is 5.18. The third-order valence-corrected chi connectivity index (χ3v) is 1.65. The molecule has 0 aliphatic heterocycles. The summed E-state index contributed by atoms with van der Waals surface area (Å²) < 4.78 is 5.78. The number of nitrogens with zero attached hydrogens (tertiary/aromatic N) is 3. The minimum atomic E-state index is 0.490. The van der Waals surface area contributed by atoms with Crippen LogP contribution in [0.15, 0.2) is 33.9 Å². The van der Waals surface area contributed by atoms with Crippen molar-refractivity contribution in [1.82, 2.24) is 15.0 Å². The van der Waals surface area contributed by atoms with E-state index in [-0.39, 0.29) is 0 Å². The molecule has 0 unspecified atom stereocenters. The first-order valence-corrected chi connectivity index (χ1v) is 4.03. The minimum Gasteiger partial charge on any atom is -0.428 e. The second-order valence-corrected chi connectivity index (χ2v) is 2.85. The summed E-state index contributed by atoms with van der Waals surface area (Å²) in [6, 6.07) is 1.73. The van der Waals surface area contributed by atoms with Crippen molar-refractivity contribution < 1.29 is 4.42 Å². The lowest BCUT2D eigenvalue weighted by molar-refractivity contribution is 0.547. The van der Waals surface area contributed by atoms with Gasteiger partial charge in [-0.15, -0.1) is 0 Å². The van der Waals surface area contributed by atoms with Crippen molar-refractivity contribution in [3.63, 3.8) is 0 Å². The van der Waals surface area contributed by atoms with Crippen LogP contribution in [0.4, 0.5) is 0 Å². The number of rotatable bonds is 1. The maximum atomic E-state index is 5.18. The third-order valence-electron chi connectivity index (χ3n) is 1.28. The van der Waals surface area contributed by atoms with Gasteiger partial charge >= 0.3 is 0 Å². The van der Waals surface area contributed by atoms with E-state index in [9.17, 15) is 0 Å². The Balaban J connectivity index is 2.45. The van der Waals surface area contributed by atoms with Crippen LogP contribution in [-0.4, -0.2) is 15.0 Å². The van der Waals surface area contributed by atoms with Crippen molar-refractivity contribution in [2.75, 3.05) is 0 Å². The zero-order valence-corrected chi connectivity index (χ0v) is 7.52. The summed E-state index contributed by atoms with van der Waals surface area (Å²) >= 11 is 3.16. The summed E-state index contributed by atoms with van der Waals surface area (Å²) in [7, 11) is 0. The molecule has 0 radical (unpaired) electrons. The number of hydrogen-bond acceptors (Lipinski definition) is 4. The molecule has 2 heterocycles. The van der Waals surface area contributed by atoms with Crippen LogP contribution in [0.25, 0.3) is 11.6 Å². The van der Waals surface area contributed by atoms with E-state index in [1.165, 1.54) is 6.33 Å². The van der Waals surface area contributed by atoms with Gasteiger partial charge in [0, 0.05) is 6.20 Å². The Morgan fingerprint density at radius 3 is 2.83 bits per heavy atom. The standard InChI is InChI=1S/C7H4BrN3O/c8-6-3-10-7(12-6)5-1-2-9-4-11-5/h1-4H. The fourth-order valence-corrected chi connectivity index (χ4v) is 1.05. The van der Waals surface area contributed by atoms with Gasteiger partial charge in [0.2, 0.25) is 5.89 Å². The molecular formula is C7H4BrN3O. The average Bonchev–Trinajstić information content (AvgIpc) is 2.54. The van der Waals surface area contributed by atoms with Crippen molar-refractivity contribution in [3.8, 4) is 11.6 Å². The van der Waals surface area contributed by atoms with Crippen molar-refractivity contribution in [2.24, 2.45) is 0 Å². The Bertz CT molecular complexity index is 373. The fraction of sp³-hybridized carbons (Fsp3) is 0. The normalized spacial score (nSPS) is 10.1. The van der Waals surface area contributed by atoms with Crippen LogP contribution in [0.5, 0.6) is 0 Å². The summed E-state index contributed by atoms with van der Waals surface area (Å²) in [6.45, 7) is 0. The Hall–Kier alpha value is -1.23. The van der Waals surface area contributed by atoms with Gasteiger partial charge in [-0.25, -0.2) is 15.0 Å². The van der Waals surface area contributed by atoms with Crippen LogP contribution in [0, 0.1) is 0 Å². The summed E-state index contributed by atoms with van der Waals surface area (Å²) in [5.41, 5.74) is 0.677. The number of oxazole rings is 1. The van der Waals surface area contributed by atoms with Crippen LogP contribution in [-0.2, 0) is 0 Å². The van der Waals surface area contributed by atoms with Crippen molar-refractivity contribution in [3.05, 3.63) is 29.5 Å². The largest absolute Gasteiger partial charge is 0.428 e. The average molecular weight is 226 g/mol. The molecule has 0 bridgehead atoms. The molecule has 5 heteroatoms. The molecule has 0 fully saturated rings. The fourth-order valence-electron chi connectivity index (χ4n) is 0.790. The van der Waals surface area contributed by atoms with Crippen molar-refractivity contribution in [1.29, 1.82) is 0 Å². The van der Waals surface area contributed by atoms with Gasteiger partial charge in [0.15, 0.2) is 4.67 Å². The Morgan fingerprint density at radius 1 is 1.33 bits per heavy atom. The second kappa shape index (κ2) is 3.02. The molecule has 0 aliphatic rings. The molecule has 0 aromatic carbocycles. The molecule has 0 saturated carbocycles. The van der Waals surface area contributed by atoms with Gasteiger partial charge in [-0.1, -0.05) is 0 Å². The molecule has 0 saturated heterocycles. The van der Waals surface area contributed by atoms with Gasteiger partial charge in [0.25, 0.3) is 0 Å². The van der Waals surface area contributed by atoms with Gasteiger partial charge in [0.05, 0.1) is 6.20 Å². The summed E-state index contributed by atoms with van der Waals surface area (Å²) in [6.07, 6.45) is 4.67. The lowest BCUT2D eigenvalue weighted by Crippen LogP contribution is -1.82. The zero-order chi connectivity index (χ0) is 8.39. The SMILES string of the molecule is Brc1cnc(-c2ccncn2)o1. The molecule has 12 heavy (non-hydrogen) atoms. The number of halogens is 1. The van der Waals surface area contributed by atoms with E-state index in [0.29, 0.717) is 16.3 Å².